The molecule has 6 fully saturated rings. The third-order valence-electron chi connectivity index (χ3n) is 19.3. The number of rotatable bonds is 37. The SMILES string of the molecule is CC(=O)N[C@H]1C(O)[C@H](O[C@@H]2OC(CO)[C@H](O)C(O[C@H]3OC(CO)[C@H](O)C(O)[C@@H]3O)[C@@H]2O)C(CO)O[C@H]1OCCCCC(=O)COc1cc(C(=O)OCc2ccccc2)cc(-c2cccc(OCC(=O)NCCCO[C@@H]3OC(CO)[C@@H](O[C@@H]4OC(CO)[C@H](O)C(O[C@H]5OC(CO)[C@H](O)C(O)[C@@H]5O)[C@@H]4O)C(O)[C@@H]3NC(C)=O)c2)c1. The Labute approximate surface area is 639 Å². The number of unbranched alkanes of at least 4 members (excludes halogenated alkanes) is 1. The van der Waals surface area contributed by atoms with Gasteiger partial charge in [-0.3, -0.25) is 19.2 Å². The summed E-state index contributed by atoms with van der Waals surface area (Å²) >= 11 is 0. The number of hydrogen-bond acceptors (Lipinski definition) is 38. The standard InChI is InChI=1S/C71H101N3O38/c1-31(81)73-47-53(89)61(109-70-59(95)63(51(87)42(24-77)105-70)111-68-57(93)55(91)49(85)40(22-75)103-68)44(26-79)107-66(47)98-16-7-6-13-37(83)29-100-39-20-35(18-36(21-39)65(97)102-28-33-10-4-3-5-11-33)34-12-8-14-38(19-34)101-30-46(84)72-15-9-17-99-67-48(74-32(2)82)54(90)62(45(27-80)108-67)110-71-60(96)64(52(88)43(25-78)106-71)112-69-58(94)56(92)50(86)41(23-76)104-69/h3-5,8,10-12,14,18-21,40-45,47-64,66-71,75-80,85-96H,6-7,9,13,15-17,22-30H2,1-2H3,(H,72,84)(H,73,81)(H,74,82)/t40?,41?,42?,43?,44?,45?,47-,48-,49-,50-,51-,52-,53?,54?,55?,56?,57-,58-,59-,60-,61+,62+,63?,64?,66+,67+,68+,69+,70-,71-/m0/s1. The Morgan fingerprint density at radius 2 is 0.839 bits per heavy atom. The lowest BCUT2D eigenvalue weighted by Gasteiger charge is -2.48. The van der Waals surface area contributed by atoms with E-state index in [0.717, 1.165) is 13.8 Å². The molecular weight excluding hydrogens is 1500 g/mol. The highest BCUT2D eigenvalue weighted by Crippen LogP contribution is 2.37. The fourth-order valence-electron chi connectivity index (χ4n) is 13.3. The number of aliphatic hydroxyl groups is 18. The normalized spacial score (nSPS) is 36.2. The van der Waals surface area contributed by atoms with Gasteiger partial charge in [-0.25, -0.2) is 4.79 Å². The molecule has 0 saturated carbocycles. The first-order valence-electron chi connectivity index (χ1n) is 36.3. The number of Topliss-reactive ketones (excluding diaryl/α,β-unsaturated/α-hetero) is 1. The van der Waals surface area contributed by atoms with Gasteiger partial charge in [0.2, 0.25) is 11.8 Å². The van der Waals surface area contributed by atoms with Crippen molar-refractivity contribution in [2.75, 3.05) is 72.6 Å². The lowest BCUT2D eigenvalue weighted by Crippen LogP contribution is -2.68. The number of carbonyl (C=O) groups excluding carboxylic acids is 5. The molecule has 41 nitrogen and oxygen atoms in total. The van der Waals surface area contributed by atoms with Crippen molar-refractivity contribution in [3.8, 4) is 22.6 Å². The summed E-state index contributed by atoms with van der Waals surface area (Å²) in [5.41, 5.74) is 1.65. The zero-order chi connectivity index (χ0) is 81.2. The third kappa shape index (κ3) is 22.8. The van der Waals surface area contributed by atoms with Gasteiger partial charge in [-0.2, -0.15) is 0 Å². The minimum atomic E-state index is -2.03. The molecule has 6 heterocycles. The molecule has 3 aromatic rings. The second-order valence-electron chi connectivity index (χ2n) is 27.4. The van der Waals surface area contributed by atoms with Gasteiger partial charge in [0, 0.05) is 33.4 Å². The van der Waals surface area contributed by atoms with Gasteiger partial charge in [0.15, 0.2) is 50.1 Å². The molecule has 41 heteroatoms. The van der Waals surface area contributed by atoms with E-state index in [1.807, 2.05) is 0 Å². The molecule has 12 unspecified atom stereocenters. The van der Waals surface area contributed by atoms with E-state index >= 15 is 0 Å². The predicted molar refractivity (Wildman–Crippen MR) is 368 cm³/mol. The van der Waals surface area contributed by atoms with Crippen molar-refractivity contribution in [3.05, 3.63) is 83.9 Å². The van der Waals surface area contributed by atoms with Gasteiger partial charge in [0.1, 0.15) is 171 Å². The van der Waals surface area contributed by atoms with E-state index in [9.17, 15) is 116 Å². The number of carbonyl (C=O) groups is 5. The molecular formula is C71H101N3O38. The smallest absolute Gasteiger partial charge is 0.338 e. The maximum Gasteiger partial charge on any atom is 0.338 e. The maximum atomic E-state index is 13.7. The fourth-order valence-corrected chi connectivity index (χ4v) is 13.3. The van der Waals surface area contributed by atoms with Crippen LogP contribution < -0.4 is 25.4 Å². The molecule has 0 radical (unpaired) electrons. The lowest BCUT2D eigenvalue weighted by molar-refractivity contribution is -0.376. The largest absolute Gasteiger partial charge is 0.486 e. The van der Waals surface area contributed by atoms with Crippen LogP contribution in [0.1, 0.15) is 55.5 Å². The monoisotopic (exact) mass is 1600 g/mol. The molecule has 30 atom stereocenters. The Hall–Kier alpha value is -6.39. The van der Waals surface area contributed by atoms with Crippen molar-refractivity contribution in [2.45, 2.75) is 230 Å². The number of amides is 3. The van der Waals surface area contributed by atoms with Crippen LogP contribution in [0.3, 0.4) is 0 Å². The van der Waals surface area contributed by atoms with Gasteiger partial charge in [-0.1, -0.05) is 42.5 Å². The summed E-state index contributed by atoms with van der Waals surface area (Å²) in [7, 11) is 0. The average Bonchev–Trinajstić information content (AvgIpc) is 0.776. The van der Waals surface area contributed by atoms with Crippen molar-refractivity contribution in [1.82, 2.24) is 16.0 Å². The van der Waals surface area contributed by atoms with Crippen LogP contribution in [0.15, 0.2) is 72.8 Å². The van der Waals surface area contributed by atoms with Gasteiger partial charge in [-0.05, 0) is 66.3 Å². The Kier molecular flexibility index (Phi) is 34.0. The van der Waals surface area contributed by atoms with E-state index in [4.69, 9.17) is 71.1 Å². The number of ether oxygens (including phenoxy) is 15. The van der Waals surface area contributed by atoms with Crippen LogP contribution in [-0.4, -0.2) is 378 Å². The molecule has 0 aromatic heterocycles. The second-order valence-corrected chi connectivity index (χ2v) is 27.4. The number of benzene rings is 3. The summed E-state index contributed by atoms with van der Waals surface area (Å²) in [6.07, 6.45) is -48.5. The molecule has 6 aliphatic heterocycles. The van der Waals surface area contributed by atoms with Crippen LogP contribution in [0.5, 0.6) is 11.5 Å². The van der Waals surface area contributed by atoms with E-state index in [0.29, 0.717) is 16.7 Å². The molecule has 6 aliphatic rings. The molecule has 9 rings (SSSR count). The van der Waals surface area contributed by atoms with Crippen LogP contribution in [-0.2, 0) is 87.4 Å². The summed E-state index contributed by atoms with van der Waals surface area (Å²) in [5, 5.41) is 199. The molecule has 112 heavy (non-hydrogen) atoms. The van der Waals surface area contributed by atoms with Crippen LogP contribution in [0, 0.1) is 0 Å². The zero-order valence-electron chi connectivity index (χ0n) is 60.8. The Morgan fingerprint density at radius 1 is 0.402 bits per heavy atom. The Morgan fingerprint density at radius 3 is 1.32 bits per heavy atom. The summed E-state index contributed by atoms with van der Waals surface area (Å²) < 4.78 is 86.3. The van der Waals surface area contributed by atoms with Gasteiger partial charge < -0.3 is 179 Å². The molecule has 628 valence electrons. The second kappa shape index (κ2) is 42.5. The van der Waals surface area contributed by atoms with Gasteiger partial charge >= 0.3 is 5.97 Å². The van der Waals surface area contributed by atoms with E-state index in [2.05, 4.69) is 16.0 Å². The quantitative estimate of drug-likeness (QED) is 0.0188. The molecule has 3 amide bonds. The van der Waals surface area contributed by atoms with Gasteiger partial charge in [-0.15, -0.1) is 0 Å². The molecule has 0 aliphatic carbocycles. The van der Waals surface area contributed by atoms with Crippen molar-refractivity contribution < 1.29 is 187 Å². The first-order valence-corrected chi connectivity index (χ1v) is 36.3. The number of aliphatic hydroxyl groups excluding tert-OH is 18. The van der Waals surface area contributed by atoms with E-state index in [1.54, 1.807) is 60.7 Å². The minimum Gasteiger partial charge on any atom is -0.486 e. The number of nitrogens with one attached hydrogen (secondary N) is 3. The first kappa shape index (κ1) is 89.5. The average molecular weight is 1600 g/mol. The van der Waals surface area contributed by atoms with E-state index in [-0.39, 0.29) is 74.9 Å². The van der Waals surface area contributed by atoms with E-state index < -0.39 is 261 Å². The molecule has 21 N–H and O–H groups in total. The number of hydrogen-bond donors (Lipinski definition) is 21. The third-order valence-corrected chi connectivity index (χ3v) is 19.3. The van der Waals surface area contributed by atoms with E-state index in [1.165, 1.54) is 12.1 Å². The molecule has 6 saturated heterocycles. The lowest BCUT2D eigenvalue weighted by atomic mass is 9.95. The Bertz CT molecular complexity index is 3440. The molecule has 3 aromatic carbocycles. The highest BCUT2D eigenvalue weighted by atomic mass is 16.8. The minimum absolute atomic E-state index is 0.000319. The van der Waals surface area contributed by atoms with Gasteiger partial charge in [0.05, 0.1) is 51.8 Å². The van der Waals surface area contributed by atoms with Crippen molar-refractivity contribution in [3.63, 3.8) is 0 Å². The molecule has 0 spiro atoms. The topological polar surface area (TPSA) is 624 Å². The zero-order valence-corrected chi connectivity index (χ0v) is 60.8. The van der Waals surface area contributed by atoms with Gasteiger partial charge in [0.25, 0.3) is 5.91 Å². The van der Waals surface area contributed by atoms with Crippen molar-refractivity contribution in [1.29, 1.82) is 0 Å². The highest BCUT2D eigenvalue weighted by Gasteiger charge is 2.57. The predicted octanol–water partition coefficient (Wildman–Crippen LogP) is -9.07. The fraction of sp³-hybridized carbons (Fsp3) is 0.676. The molecule has 0 bridgehead atoms. The summed E-state index contributed by atoms with van der Waals surface area (Å²) in [4.78, 5) is 65.2. The highest BCUT2D eigenvalue weighted by molar-refractivity contribution is 5.92. The van der Waals surface area contributed by atoms with Crippen molar-refractivity contribution in [2.24, 2.45) is 0 Å². The summed E-state index contributed by atoms with van der Waals surface area (Å²) in [6.45, 7) is -4.25. The summed E-state index contributed by atoms with van der Waals surface area (Å²) in [6, 6.07) is 17.0. The Balaban J connectivity index is 0.752. The maximum absolute atomic E-state index is 13.7. The van der Waals surface area contributed by atoms with Crippen molar-refractivity contribution >= 4 is 29.5 Å². The van der Waals surface area contributed by atoms with Crippen LogP contribution >= 0.6 is 0 Å². The number of ketones is 1. The number of esters is 1. The van der Waals surface area contributed by atoms with Crippen LogP contribution in [0.4, 0.5) is 0 Å². The van der Waals surface area contributed by atoms with Crippen LogP contribution in [0.2, 0.25) is 0 Å². The summed E-state index contributed by atoms with van der Waals surface area (Å²) in [5.74, 6) is -2.70. The first-order chi connectivity index (χ1) is 53.6. The van der Waals surface area contributed by atoms with Crippen LogP contribution in [0.25, 0.3) is 11.1 Å².